The first kappa shape index (κ1) is 28.7. The summed E-state index contributed by atoms with van der Waals surface area (Å²) in [4.78, 5) is 25.2. The van der Waals surface area contributed by atoms with Crippen LogP contribution in [0.5, 0.6) is 0 Å². The van der Waals surface area contributed by atoms with Crippen LogP contribution in [-0.4, -0.2) is 17.8 Å². The first-order valence-electron chi connectivity index (χ1n) is 12.5. The molecule has 7 N–H and O–H groups in total. The Kier molecular flexibility index (Phi) is 8.57. The van der Waals surface area contributed by atoms with Crippen molar-refractivity contribution in [2.75, 3.05) is 21.3 Å². The van der Waals surface area contributed by atoms with Crippen molar-refractivity contribution in [2.24, 2.45) is 5.73 Å². The number of rotatable bonds is 8. The van der Waals surface area contributed by atoms with Crippen molar-refractivity contribution >= 4 is 40.5 Å². The van der Waals surface area contributed by atoms with E-state index in [1.165, 1.54) is 12.1 Å². The van der Waals surface area contributed by atoms with Gasteiger partial charge in [0.25, 0.3) is 5.91 Å². The van der Waals surface area contributed by atoms with E-state index >= 15 is 0 Å². The molecule has 0 aliphatic carbocycles. The summed E-state index contributed by atoms with van der Waals surface area (Å²) in [6, 6.07) is 24.1. The molecule has 8 nitrogen and oxygen atoms in total. The molecule has 210 valence electrons. The van der Waals surface area contributed by atoms with Gasteiger partial charge in [-0.3, -0.25) is 10.2 Å². The molecule has 0 spiro atoms. The molecule has 1 unspecified atom stereocenters. The maximum atomic E-state index is 13.0. The van der Waals surface area contributed by atoms with E-state index in [-0.39, 0.29) is 23.1 Å². The summed E-state index contributed by atoms with van der Waals surface area (Å²) in [6.45, 7) is 1.91. The smallest absolute Gasteiger partial charge is 0.384 e. The number of halogens is 3. The van der Waals surface area contributed by atoms with Gasteiger partial charge in [-0.05, 0) is 79.2 Å². The van der Waals surface area contributed by atoms with Gasteiger partial charge in [0, 0.05) is 28.5 Å². The summed E-state index contributed by atoms with van der Waals surface area (Å²) in [5, 5.41) is 18.8. The van der Waals surface area contributed by atoms with Crippen LogP contribution in [0.1, 0.15) is 40.0 Å². The number of benzene rings is 4. The third-order valence-electron chi connectivity index (χ3n) is 6.12. The molecule has 0 saturated carbocycles. The number of amides is 3. The van der Waals surface area contributed by atoms with Crippen LogP contribution in [0.2, 0.25) is 0 Å². The second kappa shape index (κ2) is 12.2. The third kappa shape index (κ3) is 7.63. The Balaban J connectivity index is 1.38. The molecule has 0 fully saturated rings. The number of nitrogen functional groups attached to an aromatic ring is 1. The zero-order valence-electron chi connectivity index (χ0n) is 21.8. The molecule has 0 saturated heterocycles. The highest BCUT2D eigenvalue weighted by molar-refractivity contribution is 6.04. The van der Waals surface area contributed by atoms with Crippen LogP contribution in [0.4, 0.5) is 40.7 Å². The molecule has 0 bridgehead atoms. The average Bonchev–Trinajstić information content (AvgIpc) is 2.94. The molecule has 11 heteroatoms. The number of carbonyl (C=O) groups is 2. The van der Waals surface area contributed by atoms with Gasteiger partial charge in [0.05, 0.1) is 16.9 Å². The van der Waals surface area contributed by atoms with Gasteiger partial charge in [-0.2, -0.15) is 13.2 Å². The van der Waals surface area contributed by atoms with Crippen molar-refractivity contribution in [2.45, 2.75) is 19.1 Å². The highest BCUT2D eigenvalue weighted by Crippen LogP contribution is 2.31. The van der Waals surface area contributed by atoms with E-state index in [4.69, 9.17) is 11.1 Å². The number of nitrogens with two attached hydrogens (primary N) is 1. The molecule has 3 amide bonds. The number of nitrogens with one attached hydrogen (secondary N) is 5. The van der Waals surface area contributed by atoms with Crippen LogP contribution in [0.25, 0.3) is 0 Å². The van der Waals surface area contributed by atoms with Gasteiger partial charge in [0.2, 0.25) is 0 Å². The molecule has 1 atom stereocenters. The van der Waals surface area contributed by atoms with Crippen molar-refractivity contribution in [3.05, 3.63) is 119 Å². The van der Waals surface area contributed by atoms with E-state index in [0.717, 1.165) is 17.7 Å². The highest BCUT2D eigenvalue weighted by Gasteiger charge is 2.30. The van der Waals surface area contributed by atoms with E-state index in [2.05, 4.69) is 21.3 Å². The van der Waals surface area contributed by atoms with E-state index < -0.39 is 23.7 Å². The van der Waals surface area contributed by atoms with Gasteiger partial charge in [0.15, 0.2) is 0 Å². The number of anilines is 4. The molecule has 0 aliphatic rings. The normalized spacial score (nSPS) is 11.7. The minimum atomic E-state index is -4.51. The van der Waals surface area contributed by atoms with Gasteiger partial charge >= 0.3 is 12.2 Å². The van der Waals surface area contributed by atoms with Gasteiger partial charge in [-0.25, -0.2) is 4.79 Å². The monoisotopic (exact) mass is 560 g/mol. The fraction of sp³-hybridized carbons (Fsp3) is 0.100. The number of urea groups is 1. The minimum Gasteiger partial charge on any atom is -0.384 e. The van der Waals surface area contributed by atoms with Crippen LogP contribution in [0, 0.1) is 5.41 Å². The average molecular weight is 561 g/mol. The fourth-order valence-electron chi connectivity index (χ4n) is 3.95. The van der Waals surface area contributed by atoms with Gasteiger partial charge < -0.3 is 27.0 Å². The second-order valence-electron chi connectivity index (χ2n) is 9.14. The Labute approximate surface area is 234 Å². The Hall–Kier alpha value is -5.32. The SMILES string of the molecule is CC(Nc1ccccc1NC(=O)Nc1ccc(C(=N)N)cc1)c1ccc(C(=O)Nc2cccc(C(F)(F)F)c2)cc1. The summed E-state index contributed by atoms with van der Waals surface area (Å²) in [6.07, 6.45) is -4.51. The van der Waals surface area contributed by atoms with Gasteiger partial charge in [-0.1, -0.05) is 30.3 Å². The summed E-state index contributed by atoms with van der Waals surface area (Å²) in [5.74, 6) is -0.601. The fourth-order valence-corrected chi connectivity index (χ4v) is 3.95. The quantitative estimate of drug-likeness (QED) is 0.102. The highest BCUT2D eigenvalue weighted by atomic mass is 19.4. The Morgan fingerprint density at radius 2 is 1.39 bits per heavy atom. The molecule has 41 heavy (non-hydrogen) atoms. The van der Waals surface area contributed by atoms with Crippen LogP contribution in [0.15, 0.2) is 97.1 Å². The Morgan fingerprint density at radius 1 is 0.756 bits per heavy atom. The number of para-hydroxylation sites is 2. The predicted octanol–water partition coefficient (Wildman–Crippen LogP) is 7.06. The zero-order valence-corrected chi connectivity index (χ0v) is 21.8. The molecular weight excluding hydrogens is 533 g/mol. The second-order valence-corrected chi connectivity index (χ2v) is 9.14. The van der Waals surface area contributed by atoms with E-state index in [9.17, 15) is 22.8 Å². The molecule has 4 aromatic rings. The lowest BCUT2D eigenvalue weighted by Gasteiger charge is -2.19. The number of carbonyl (C=O) groups excluding carboxylic acids is 2. The Bertz CT molecular complexity index is 1550. The molecule has 4 aromatic carbocycles. The van der Waals surface area contributed by atoms with Crippen LogP contribution in [-0.2, 0) is 6.18 Å². The first-order chi connectivity index (χ1) is 19.5. The molecule has 0 aliphatic heterocycles. The molecule has 0 radical (unpaired) electrons. The predicted molar refractivity (Wildman–Crippen MR) is 154 cm³/mol. The summed E-state index contributed by atoms with van der Waals surface area (Å²) >= 11 is 0. The topological polar surface area (TPSA) is 132 Å². The van der Waals surface area contributed by atoms with Gasteiger partial charge in [0.1, 0.15) is 5.84 Å². The minimum absolute atomic E-state index is 0.0464. The summed E-state index contributed by atoms with van der Waals surface area (Å²) < 4.78 is 38.9. The van der Waals surface area contributed by atoms with Crippen molar-refractivity contribution in [1.29, 1.82) is 5.41 Å². The van der Waals surface area contributed by atoms with Crippen molar-refractivity contribution in [1.82, 2.24) is 0 Å². The van der Waals surface area contributed by atoms with E-state index in [1.807, 2.05) is 19.1 Å². The van der Waals surface area contributed by atoms with Crippen LogP contribution < -0.4 is 27.0 Å². The summed E-state index contributed by atoms with van der Waals surface area (Å²) in [5.41, 5.74) is 8.06. The maximum absolute atomic E-state index is 13.0. The van der Waals surface area contributed by atoms with E-state index in [0.29, 0.717) is 22.6 Å². The summed E-state index contributed by atoms with van der Waals surface area (Å²) in [7, 11) is 0. The number of hydrogen-bond acceptors (Lipinski definition) is 4. The standard InChI is InChI=1S/C30H27F3N6O2/c1-18(19-9-11-21(12-10-19)28(40)37-24-6-4-5-22(17-24)30(31,32)33)36-25-7-2-3-8-26(25)39-29(41)38-23-15-13-20(14-16-23)27(34)35/h2-18,36H,1H3,(H3,34,35)(H,37,40)(H2,38,39,41). The molecule has 0 aromatic heterocycles. The van der Waals surface area contributed by atoms with Crippen molar-refractivity contribution in [3.63, 3.8) is 0 Å². The van der Waals surface area contributed by atoms with Crippen LogP contribution in [0.3, 0.4) is 0 Å². The number of amidine groups is 1. The van der Waals surface area contributed by atoms with Crippen molar-refractivity contribution < 1.29 is 22.8 Å². The van der Waals surface area contributed by atoms with Crippen LogP contribution >= 0.6 is 0 Å². The third-order valence-corrected chi connectivity index (χ3v) is 6.12. The largest absolute Gasteiger partial charge is 0.416 e. The maximum Gasteiger partial charge on any atom is 0.416 e. The molecule has 0 heterocycles. The van der Waals surface area contributed by atoms with Gasteiger partial charge in [-0.15, -0.1) is 0 Å². The molecule has 4 rings (SSSR count). The zero-order chi connectivity index (χ0) is 29.6. The molecular formula is C30H27F3N6O2. The Morgan fingerprint density at radius 3 is 2.02 bits per heavy atom. The lowest BCUT2D eigenvalue weighted by molar-refractivity contribution is -0.137. The lowest BCUT2D eigenvalue weighted by atomic mass is 10.0. The first-order valence-corrected chi connectivity index (χ1v) is 12.5. The number of hydrogen-bond donors (Lipinski definition) is 6. The van der Waals surface area contributed by atoms with E-state index in [1.54, 1.807) is 60.7 Å². The number of alkyl halides is 3. The lowest BCUT2D eigenvalue weighted by Crippen LogP contribution is -2.21. The van der Waals surface area contributed by atoms with Crippen molar-refractivity contribution in [3.8, 4) is 0 Å².